The van der Waals surface area contributed by atoms with Crippen molar-refractivity contribution in [3.05, 3.63) is 89.0 Å². The predicted molar refractivity (Wildman–Crippen MR) is 132 cm³/mol. The summed E-state index contributed by atoms with van der Waals surface area (Å²) in [7, 11) is 0. The highest BCUT2D eigenvalue weighted by molar-refractivity contribution is 6.21. The van der Waals surface area contributed by atoms with Gasteiger partial charge in [-0.3, -0.25) is 14.5 Å². The Labute approximate surface area is 196 Å². The summed E-state index contributed by atoms with van der Waals surface area (Å²) in [5.74, 6) is 0.553. The van der Waals surface area contributed by atoms with Crippen LogP contribution in [0, 0.1) is 0 Å². The van der Waals surface area contributed by atoms with Crippen molar-refractivity contribution in [2.45, 2.75) is 46.0 Å². The number of rotatable bonds is 10. The molecule has 2 amide bonds. The molecule has 0 bridgehead atoms. The molecule has 0 spiro atoms. The third kappa shape index (κ3) is 4.70. The fourth-order valence-electron chi connectivity index (χ4n) is 4.56. The molecule has 0 aromatic heterocycles. The number of imide groups is 1. The maximum Gasteiger partial charge on any atom is 0.261 e. The lowest BCUT2D eigenvalue weighted by molar-refractivity contribution is 0.0651. The molecule has 4 nitrogen and oxygen atoms in total. The zero-order valence-corrected chi connectivity index (χ0v) is 19.5. The van der Waals surface area contributed by atoms with Crippen molar-refractivity contribution in [1.82, 2.24) is 4.90 Å². The van der Waals surface area contributed by atoms with E-state index in [9.17, 15) is 9.59 Å². The van der Waals surface area contributed by atoms with E-state index >= 15 is 0 Å². The third-order valence-electron chi connectivity index (χ3n) is 6.32. The molecule has 0 unspecified atom stereocenters. The molecule has 4 heteroatoms. The predicted octanol–water partition coefficient (Wildman–Crippen LogP) is 6.32. The molecule has 170 valence electrons. The van der Waals surface area contributed by atoms with Gasteiger partial charge in [0, 0.05) is 12.1 Å². The fourth-order valence-corrected chi connectivity index (χ4v) is 4.56. The second-order valence-corrected chi connectivity index (χ2v) is 8.37. The minimum atomic E-state index is -0.179. The van der Waals surface area contributed by atoms with E-state index < -0.39 is 0 Å². The number of hydrogen-bond donors (Lipinski definition) is 0. The zero-order valence-electron chi connectivity index (χ0n) is 19.5. The number of benzene rings is 3. The molecule has 0 aliphatic carbocycles. The SMILES string of the molecule is CCc1cccc(CC)c1-c1ccccc1OCCCCCN1C(=O)c2ccccc2C1=O. The molecule has 0 N–H and O–H groups in total. The first-order valence-electron chi connectivity index (χ1n) is 11.9. The Morgan fingerprint density at radius 2 is 1.24 bits per heavy atom. The van der Waals surface area contributed by atoms with Crippen LogP contribution in [0.3, 0.4) is 0 Å². The maximum absolute atomic E-state index is 12.5. The van der Waals surface area contributed by atoms with Gasteiger partial charge in [0.25, 0.3) is 11.8 Å². The third-order valence-corrected chi connectivity index (χ3v) is 6.32. The Balaban J connectivity index is 1.33. The monoisotopic (exact) mass is 441 g/mol. The van der Waals surface area contributed by atoms with Gasteiger partial charge in [-0.15, -0.1) is 0 Å². The normalized spacial score (nSPS) is 12.8. The van der Waals surface area contributed by atoms with Crippen LogP contribution in [0.2, 0.25) is 0 Å². The van der Waals surface area contributed by atoms with E-state index in [2.05, 4.69) is 44.2 Å². The van der Waals surface area contributed by atoms with E-state index in [-0.39, 0.29) is 11.8 Å². The number of aryl methyl sites for hydroxylation is 2. The van der Waals surface area contributed by atoms with Crippen LogP contribution in [0.25, 0.3) is 11.1 Å². The maximum atomic E-state index is 12.5. The number of hydrogen-bond acceptors (Lipinski definition) is 3. The van der Waals surface area contributed by atoms with Crippen molar-refractivity contribution in [2.75, 3.05) is 13.2 Å². The quantitative estimate of drug-likeness (QED) is 0.273. The van der Waals surface area contributed by atoms with E-state index in [1.54, 1.807) is 24.3 Å². The zero-order chi connectivity index (χ0) is 23.2. The first-order valence-corrected chi connectivity index (χ1v) is 11.9. The van der Waals surface area contributed by atoms with Gasteiger partial charge in [0.2, 0.25) is 0 Å². The van der Waals surface area contributed by atoms with Crippen LogP contribution in [0.4, 0.5) is 0 Å². The molecular weight excluding hydrogens is 410 g/mol. The first kappa shape index (κ1) is 22.8. The molecule has 1 heterocycles. The molecule has 0 fully saturated rings. The standard InChI is InChI=1S/C29H31NO3/c1-3-21-13-12-14-22(4-2)27(21)25-17-8-9-18-26(25)33-20-11-5-10-19-30-28(31)23-15-6-7-16-24(23)29(30)32/h6-9,12-18H,3-5,10-11,19-20H2,1-2H3. The van der Waals surface area contributed by atoms with Crippen LogP contribution in [0.5, 0.6) is 5.75 Å². The summed E-state index contributed by atoms with van der Waals surface area (Å²) < 4.78 is 6.21. The van der Waals surface area contributed by atoms with Gasteiger partial charge in [-0.1, -0.05) is 62.4 Å². The van der Waals surface area contributed by atoms with Gasteiger partial charge in [-0.05, 0) is 67.0 Å². The summed E-state index contributed by atoms with van der Waals surface area (Å²) in [4.78, 5) is 26.3. The largest absolute Gasteiger partial charge is 0.493 e. The van der Waals surface area contributed by atoms with Crippen molar-refractivity contribution in [2.24, 2.45) is 0 Å². The van der Waals surface area contributed by atoms with Crippen LogP contribution >= 0.6 is 0 Å². The molecule has 3 aromatic carbocycles. The molecule has 0 saturated carbocycles. The summed E-state index contributed by atoms with van der Waals surface area (Å²) in [6, 6.07) is 21.8. The minimum Gasteiger partial charge on any atom is -0.493 e. The topological polar surface area (TPSA) is 46.6 Å². The molecule has 33 heavy (non-hydrogen) atoms. The van der Waals surface area contributed by atoms with Gasteiger partial charge in [-0.2, -0.15) is 0 Å². The summed E-state index contributed by atoms with van der Waals surface area (Å²) in [6.07, 6.45) is 4.49. The number of amides is 2. The van der Waals surface area contributed by atoms with Crippen LogP contribution in [-0.4, -0.2) is 29.9 Å². The molecule has 1 aliphatic heterocycles. The smallest absolute Gasteiger partial charge is 0.261 e. The summed E-state index contributed by atoms with van der Waals surface area (Å²) >= 11 is 0. The summed E-state index contributed by atoms with van der Waals surface area (Å²) in [5, 5.41) is 0. The number of carbonyl (C=O) groups excluding carboxylic acids is 2. The number of para-hydroxylation sites is 1. The number of fused-ring (bicyclic) bond motifs is 1. The number of carbonyl (C=O) groups is 2. The molecule has 3 aromatic rings. The van der Waals surface area contributed by atoms with Crippen LogP contribution in [-0.2, 0) is 12.8 Å². The second kappa shape index (κ2) is 10.5. The highest BCUT2D eigenvalue weighted by Crippen LogP contribution is 2.35. The molecule has 1 aliphatic rings. The molecular formula is C29H31NO3. The lowest BCUT2D eigenvalue weighted by Gasteiger charge is -2.17. The van der Waals surface area contributed by atoms with Crippen LogP contribution in [0.15, 0.2) is 66.7 Å². The van der Waals surface area contributed by atoms with Gasteiger partial charge in [-0.25, -0.2) is 0 Å². The van der Waals surface area contributed by atoms with Gasteiger partial charge in [0.05, 0.1) is 17.7 Å². The lowest BCUT2D eigenvalue weighted by atomic mass is 9.91. The Bertz CT molecular complexity index is 1090. The van der Waals surface area contributed by atoms with E-state index in [1.165, 1.54) is 21.6 Å². The van der Waals surface area contributed by atoms with Crippen molar-refractivity contribution in [1.29, 1.82) is 0 Å². The minimum absolute atomic E-state index is 0.179. The fraction of sp³-hybridized carbons (Fsp3) is 0.310. The van der Waals surface area contributed by atoms with E-state index in [0.29, 0.717) is 24.3 Å². The summed E-state index contributed by atoms with van der Waals surface area (Å²) in [6.45, 7) is 5.44. The Morgan fingerprint density at radius 1 is 0.667 bits per heavy atom. The molecule has 4 rings (SSSR count). The van der Waals surface area contributed by atoms with Gasteiger partial charge in [0.1, 0.15) is 5.75 Å². The van der Waals surface area contributed by atoms with Crippen molar-refractivity contribution in [3.63, 3.8) is 0 Å². The average molecular weight is 442 g/mol. The first-order chi connectivity index (χ1) is 16.2. The number of nitrogens with zero attached hydrogens (tertiary/aromatic N) is 1. The van der Waals surface area contributed by atoms with Gasteiger partial charge in [0.15, 0.2) is 0 Å². The lowest BCUT2D eigenvalue weighted by Crippen LogP contribution is -2.30. The van der Waals surface area contributed by atoms with Crippen LogP contribution in [0.1, 0.15) is 65.0 Å². The summed E-state index contributed by atoms with van der Waals surface area (Å²) in [5.41, 5.74) is 6.15. The number of unbranched alkanes of at least 4 members (excludes halogenated alkanes) is 2. The molecule has 0 atom stereocenters. The Morgan fingerprint density at radius 3 is 1.85 bits per heavy atom. The van der Waals surface area contributed by atoms with Gasteiger partial charge < -0.3 is 4.74 Å². The molecule has 0 radical (unpaired) electrons. The van der Waals surface area contributed by atoms with Crippen LogP contribution < -0.4 is 4.74 Å². The highest BCUT2D eigenvalue weighted by Gasteiger charge is 2.34. The molecule has 0 saturated heterocycles. The number of ether oxygens (including phenoxy) is 1. The van der Waals surface area contributed by atoms with Gasteiger partial charge >= 0.3 is 0 Å². The van der Waals surface area contributed by atoms with E-state index in [4.69, 9.17) is 4.74 Å². The van der Waals surface area contributed by atoms with Crippen molar-refractivity contribution < 1.29 is 14.3 Å². The Hall–Kier alpha value is -3.40. The van der Waals surface area contributed by atoms with Crippen molar-refractivity contribution >= 4 is 11.8 Å². The highest BCUT2D eigenvalue weighted by atomic mass is 16.5. The second-order valence-electron chi connectivity index (χ2n) is 8.37. The Kier molecular flexibility index (Phi) is 7.23. The van der Waals surface area contributed by atoms with E-state index in [0.717, 1.165) is 43.4 Å². The average Bonchev–Trinajstić information content (AvgIpc) is 3.10. The van der Waals surface area contributed by atoms with Crippen molar-refractivity contribution in [3.8, 4) is 16.9 Å². The van der Waals surface area contributed by atoms with E-state index in [1.807, 2.05) is 12.1 Å².